The molecule has 23 heavy (non-hydrogen) atoms. The Morgan fingerprint density at radius 2 is 2.09 bits per heavy atom. The van der Waals surface area contributed by atoms with Gasteiger partial charge in [0.2, 0.25) is 0 Å². The first kappa shape index (κ1) is 15.8. The molecule has 3 N–H and O–H groups in total. The van der Waals surface area contributed by atoms with Crippen LogP contribution in [0.25, 0.3) is 11.1 Å². The minimum absolute atomic E-state index is 0.0961. The molecule has 3 rings (SSSR count). The number of benzene rings is 1. The molecule has 0 bridgehead atoms. The van der Waals surface area contributed by atoms with Crippen LogP contribution in [-0.2, 0) is 12.1 Å². The molecule has 1 aliphatic rings. The monoisotopic (exact) mass is 308 g/mol. The van der Waals surface area contributed by atoms with E-state index in [4.69, 9.17) is 5.73 Å². The summed E-state index contributed by atoms with van der Waals surface area (Å²) in [7, 11) is 0. The smallest absolute Gasteiger partial charge is 0.115 e. The van der Waals surface area contributed by atoms with Crippen molar-refractivity contribution < 1.29 is 0 Å². The van der Waals surface area contributed by atoms with Crippen molar-refractivity contribution in [3.8, 4) is 11.1 Å². The average Bonchev–Trinajstić information content (AvgIpc) is 2.63. The van der Waals surface area contributed by atoms with Crippen molar-refractivity contribution >= 4 is 0 Å². The first-order chi connectivity index (χ1) is 11.3. The van der Waals surface area contributed by atoms with E-state index < -0.39 is 0 Å². The topological polar surface area (TPSA) is 63.8 Å². The minimum atomic E-state index is -0.0961. The van der Waals surface area contributed by atoms with Crippen LogP contribution in [0.2, 0.25) is 0 Å². The summed E-state index contributed by atoms with van der Waals surface area (Å²) in [5.41, 5.74) is 10.7. The average molecular weight is 308 g/mol. The number of hydrogen-bond donors (Lipinski definition) is 2. The summed E-state index contributed by atoms with van der Waals surface area (Å²) in [4.78, 5) is 8.38. The third-order valence-electron chi connectivity index (χ3n) is 4.71. The van der Waals surface area contributed by atoms with Crippen molar-refractivity contribution in [3.05, 3.63) is 60.7 Å². The van der Waals surface area contributed by atoms with Crippen LogP contribution in [-0.4, -0.2) is 16.5 Å². The zero-order valence-corrected chi connectivity index (χ0v) is 13.5. The van der Waals surface area contributed by atoms with Crippen LogP contribution < -0.4 is 11.1 Å². The maximum Gasteiger partial charge on any atom is 0.115 e. The van der Waals surface area contributed by atoms with E-state index in [2.05, 4.69) is 40.1 Å². The molecule has 120 valence electrons. The van der Waals surface area contributed by atoms with Crippen LogP contribution >= 0.6 is 0 Å². The van der Waals surface area contributed by atoms with E-state index in [0.717, 1.165) is 24.9 Å². The maximum absolute atomic E-state index is 6.07. The summed E-state index contributed by atoms with van der Waals surface area (Å²) < 4.78 is 0. The lowest BCUT2D eigenvalue weighted by Crippen LogP contribution is -2.46. The fourth-order valence-electron chi connectivity index (χ4n) is 3.72. The van der Waals surface area contributed by atoms with E-state index in [-0.39, 0.29) is 5.54 Å². The van der Waals surface area contributed by atoms with Crippen molar-refractivity contribution in [3.63, 3.8) is 0 Å². The van der Waals surface area contributed by atoms with Gasteiger partial charge in [0.1, 0.15) is 6.33 Å². The molecule has 0 spiro atoms. The highest BCUT2D eigenvalue weighted by molar-refractivity contribution is 5.69. The predicted molar refractivity (Wildman–Crippen MR) is 93.7 cm³/mol. The molecule has 1 atom stereocenters. The van der Waals surface area contributed by atoms with Crippen molar-refractivity contribution in [2.75, 3.05) is 6.54 Å². The molecule has 4 heteroatoms. The number of aromatic nitrogens is 2. The van der Waals surface area contributed by atoms with Gasteiger partial charge in [-0.15, -0.1) is 6.58 Å². The molecule has 4 nitrogen and oxygen atoms in total. The van der Waals surface area contributed by atoms with E-state index in [1.807, 2.05) is 18.5 Å². The Bertz CT molecular complexity index is 660. The summed E-state index contributed by atoms with van der Waals surface area (Å²) in [6, 6.07) is 6.34. The summed E-state index contributed by atoms with van der Waals surface area (Å²) in [6.07, 6.45) is 11.7. The molecule has 1 fully saturated rings. The van der Waals surface area contributed by atoms with E-state index in [1.165, 1.54) is 29.5 Å². The Morgan fingerprint density at radius 3 is 2.74 bits per heavy atom. The molecular formula is C19H24N4. The maximum atomic E-state index is 6.07. The highest BCUT2D eigenvalue weighted by Gasteiger charge is 2.36. The number of nitrogens with two attached hydrogens (primary N) is 1. The molecule has 2 aromatic rings. The third kappa shape index (κ3) is 3.05. The summed E-state index contributed by atoms with van der Waals surface area (Å²) >= 11 is 0. The molecular weight excluding hydrogens is 284 g/mol. The standard InChI is InChI=1S/C19H24N4/c1-2-8-19(9-3-4-10-23-19)18-15(11-20)6-5-7-17(18)16-12-21-14-22-13-16/h2,5-7,12-14,23H,1,3-4,8-11,20H2/t19-/m1/s1. The Labute approximate surface area is 137 Å². The second-order valence-corrected chi connectivity index (χ2v) is 6.13. The molecule has 2 heterocycles. The number of nitrogens with zero attached hydrogens (tertiary/aromatic N) is 2. The molecule has 1 aliphatic heterocycles. The fourth-order valence-corrected chi connectivity index (χ4v) is 3.72. The second kappa shape index (κ2) is 7.02. The summed E-state index contributed by atoms with van der Waals surface area (Å²) in [5.74, 6) is 0. The number of piperidine rings is 1. The van der Waals surface area contributed by atoms with Crippen LogP contribution in [0, 0.1) is 0 Å². The Kier molecular flexibility index (Phi) is 4.84. The summed E-state index contributed by atoms with van der Waals surface area (Å²) in [5, 5.41) is 3.77. The van der Waals surface area contributed by atoms with Crippen LogP contribution in [0.15, 0.2) is 49.6 Å². The predicted octanol–water partition coefficient (Wildman–Crippen LogP) is 3.15. The first-order valence-electron chi connectivity index (χ1n) is 8.24. The molecule has 1 aromatic carbocycles. The van der Waals surface area contributed by atoms with Gasteiger partial charge in [-0.2, -0.15) is 0 Å². The number of rotatable bonds is 5. The van der Waals surface area contributed by atoms with E-state index >= 15 is 0 Å². The summed E-state index contributed by atoms with van der Waals surface area (Å²) in [6.45, 7) is 5.54. The normalized spacial score (nSPS) is 21.1. The quantitative estimate of drug-likeness (QED) is 0.833. The van der Waals surface area contributed by atoms with Crippen molar-refractivity contribution in [1.82, 2.24) is 15.3 Å². The van der Waals surface area contributed by atoms with Crippen LogP contribution in [0.5, 0.6) is 0 Å². The molecule has 0 aliphatic carbocycles. The Morgan fingerprint density at radius 1 is 1.26 bits per heavy atom. The highest BCUT2D eigenvalue weighted by atomic mass is 15.0. The zero-order chi connectivity index (χ0) is 16.1. The number of hydrogen-bond acceptors (Lipinski definition) is 4. The first-order valence-corrected chi connectivity index (χ1v) is 8.24. The van der Waals surface area contributed by atoms with Crippen LogP contribution in [0.3, 0.4) is 0 Å². The molecule has 0 saturated carbocycles. The zero-order valence-electron chi connectivity index (χ0n) is 13.5. The minimum Gasteiger partial charge on any atom is -0.326 e. The molecule has 0 amide bonds. The van der Waals surface area contributed by atoms with Gasteiger partial charge >= 0.3 is 0 Å². The van der Waals surface area contributed by atoms with E-state index in [0.29, 0.717) is 6.54 Å². The molecule has 1 saturated heterocycles. The largest absolute Gasteiger partial charge is 0.326 e. The lowest BCUT2D eigenvalue weighted by Gasteiger charge is -2.41. The van der Waals surface area contributed by atoms with Gasteiger partial charge in [0.05, 0.1) is 0 Å². The third-order valence-corrected chi connectivity index (χ3v) is 4.71. The van der Waals surface area contributed by atoms with Gasteiger partial charge in [0.15, 0.2) is 0 Å². The highest BCUT2D eigenvalue weighted by Crippen LogP contribution is 2.41. The van der Waals surface area contributed by atoms with Crippen LogP contribution in [0.4, 0.5) is 0 Å². The van der Waals surface area contributed by atoms with E-state index in [1.54, 1.807) is 6.33 Å². The van der Waals surface area contributed by atoms with Gasteiger partial charge in [0.25, 0.3) is 0 Å². The number of nitrogens with one attached hydrogen (secondary N) is 1. The SMILES string of the molecule is C=CC[C@]1(c2c(CN)cccc2-c2cncnc2)CCCCN1. The Balaban J connectivity index is 2.21. The molecule has 1 aromatic heterocycles. The van der Waals surface area contributed by atoms with Crippen molar-refractivity contribution in [2.45, 2.75) is 37.8 Å². The van der Waals surface area contributed by atoms with E-state index in [9.17, 15) is 0 Å². The Hall–Kier alpha value is -2.04. The van der Waals surface area contributed by atoms with Gasteiger partial charge in [-0.1, -0.05) is 24.3 Å². The van der Waals surface area contributed by atoms with Gasteiger partial charge < -0.3 is 11.1 Å². The van der Waals surface area contributed by atoms with Crippen molar-refractivity contribution in [1.29, 1.82) is 0 Å². The van der Waals surface area contributed by atoms with Gasteiger partial charge in [-0.05, 0) is 48.9 Å². The van der Waals surface area contributed by atoms with Gasteiger partial charge in [0, 0.05) is 30.0 Å². The lowest BCUT2D eigenvalue weighted by atomic mass is 9.74. The lowest BCUT2D eigenvalue weighted by molar-refractivity contribution is 0.259. The molecule has 0 radical (unpaired) electrons. The molecule has 0 unspecified atom stereocenters. The van der Waals surface area contributed by atoms with Gasteiger partial charge in [-0.25, -0.2) is 9.97 Å². The van der Waals surface area contributed by atoms with Crippen LogP contribution in [0.1, 0.15) is 36.8 Å². The second-order valence-electron chi connectivity index (χ2n) is 6.13. The van der Waals surface area contributed by atoms with Gasteiger partial charge in [-0.3, -0.25) is 0 Å². The van der Waals surface area contributed by atoms with Crippen molar-refractivity contribution in [2.24, 2.45) is 5.73 Å². The fraction of sp³-hybridized carbons (Fsp3) is 0.368.